The zero-order chi connectivity index (χ0) is 17.3. The van der Waals surface area contributed by atoms with E-state index in [1.54, 1.807) is 0 Å². The molecule has 1 aromatic rings. The predicted octanol–water partition coefficient (Wildman–Crippen LogP) is 2.42. The molecule has 0 aromatic heterocycles. The summed E-state index contributed by atoms with van der Waals surface area (Å²) < 4.78 is 26.2. The zero-order valence-corrected chi connectivity index (χ0v) is 15.3. The van der Waals surface area contributed by atoms with Crippen molar-refractivity contribution in [3.63, 3.8) is 0 Å². The Morgan fingerprint density at radius 2 is 2.04 bits per heavy atom. The summed E-state index contributed by atoms with van der Waals surface area (Å²) >= 11 is 0. The fourth-order valence-corrected chi connectivity index (χ4v) is 5.47. The zero-order valence-electron chi connectivity index (χ0n) is 14.4. The maximum atomic E-state index is 13.1. The minimum atomic E-state index is -3.23. The van der Waals surface area contributed by atoms with Crippen molar-refractivity contribution in [1.82, 2.24) is 4.31 Å². The Kier molecular flexibility index (Phi) is 4.97. The maximum Gasteiger partial charge on any atom is 0.231 e. The van der Waals surface area contributed by atoms with E-state index in [2.05, 4.69) is 13.0 Å². The molecule has 0 saturated carbocycles. The van der Waals surface area contributed by atoms with Crippen LogP contribution in [0.2, 0.25) is 0 Å². The van der Waals surface area contributed by atoms with Crippen LogP contribution < -0.4 is 4.90 Å². The molecule has 1 aromatic carbocycles. The number of sulfonamides is 1. The van der Waals surface area contributed by atoms with Gasteiger partial charge in [0.15, 0.2) is 0 Å². The second-order valence-electron chi connectivity index (χ2n) is 6.90. The Labute approximate surface area is 144 Å². The first kappa shape index (κ1) is 17.4. The van der Waals surface area contributed by atoms with E-state index in [0.29, 0.717) is 19.5 Å². The SMILES string of the molecule is CCCS(=O)(=O)N1CCC[C@@H](C(=O)N2c3ccccc3C[C@H]2C)C1. The third-order valence-corrected chi connectivity index (χ3v) is 7.08. The number of para-hydroxylation sites is 1. The highest BCUT2D eigenvalue weighted by Crippen LogP contribution is 2.34. The number of nitrogens with zero attached hydrogens (tertiary/aromatic N) is 2. The Morgan fingerprint density at radius 1 is 1.29 bits per heavy atom. The number of benzene rings is 1. The van der Waals surface area contributed by atoms with Gasteiger partial charge >= 0.3 is 0 Å². The lowest BCUT2D eigenvalue weighted by atomic mass is 9.97. The molecule has 1 saturated heterocycles. The van der Waals surface area contributed by atoms with Crippen molar-refractivity contribution < 1.29 is 13.2 Å². The molecule has 0 aliphatic carbocycles. The number of hydrogen-bond donors (Lipinski definition) is 0. The van der Waals surface area contributed by atoms with Crippen LogP contribution in [-0.2, 0) is 21.2 Å². The van der Waals surface area contributed by atoms with Crippen molar-refractivity contribution in [1.29, 1.82) is 0 Å². The number of hydrogen-bond acceptors (Lipinski definition) is 3. The standard InChI is InChI=1S/C18H26N2O3S/c1-3-11-24(22,23)19-10-6-8-16(13-19)18(21)20-14(2)12-15-7-4-5-9-17(15)20/h4-5,7,9,14,16H,3,6,8,10-13H2,1-2H3/t14-,16-/m1/s1. The summed E-state index contributed by atoms with van der Waals surface area (Å²) in [5.41, 5.74) is 2.19. The molecule has 2 heterocycles. The van der Waals surface area contributed by atoms with Gasteiger partial charge < -0.3 is 4.90 Å². The van der Waals surface area contributed by atoms with Crippen LogP contribution in [0.4, 0.5) is 5.69 Å². The van der Waals surface area contributed by atoms with E-state index in [4.69, 9.17) is 0 Å². The molecule has 24 heavy (non-hydrogen) atoms. The van der Waals surface area contributed by atoms with Gasteiger partial charge in [0.05, 0.1) is 11.7 Å². The van der Waals surface area contributed by atoms with Gasteiger partial charge in [-0.3, -0.25) is 4.79 Å². The van der Waals surface area contributed by atoms with Crippen LogP contribution in [-0.4, -0.2) is 43.5 Å². The van der Waals surface area contributed by atoms with E-state index in [1.807, 2.05) is 30.0 Å². The third kappa shape index (κ3) is 3.22. The Balaban J connectivity index is 1.78. The first-order valence-corrected chi connectivity index (χ1v) is 10.4. The number of carbonyl (C=O) groups excluding carboxylic acids is 1. The number of amides is 1. The molecule has 0 N–H and O–H groups in total. The average Bonchev–Trinajstić information content (AvgIpc) is 2.90. The van der Waals surface area contributed by atoms with Crippen molar-refractivity contribution in [2.24, 2.45) is 5.92 Å². The van der Waals surface area contributed by atoms with Gasteiger partial charge in [-0.05, 0) is 44.2 Å². The van der Waals surface area contributed by atoms with E-state index in [0.717, 1.165) is 24.9 Å². The molecule has 0 bridgehead atoms. The van der Waals surface area contributed by atoms with Gasteiger partial charge in [-0.1, -0.05) is 25.1 Å². The van der Waals surface area contributed by atoms with Crippen LogP contribution in [0.1, 0.15) is 38.7 Å². The highest BCUT2D eigenvalue weighted by atomic mass is 32.2. The lowest BCUT2D eigenvalue weighted by Crippen LogP contribution is -2.48. The van der Waals surface area contributed by atoms with Crippen molar-refractivity contribution in [2.75, 3.05) is 23.7 Å². The van der Waals surface area contributed by atoms with Crippen molar-refractivity contribution >= 4 is 21.6 Å². The van der Waals surface area contributed by atoms with E-state index in [9.17, 15) is 13.2 Å². The minimum Gasteiger partial charge on any atom is -0.309 e. The van der Waals surface area contributed by atoms with Gasteiger partial charge in [-0.2, -0.15) is 0 Å². The van der Waals surface area contributed by atoms with Gasteiger partial charge in [0.2, 0.25) is 15.9 Å². The first-order valence-electron chi connectivity index (χ1n) is 8.83. The van der Waals surface area contributed by atoms with Gasteiger partial charge in [0.25, 0.3) is 0 Å². The van der Waals surface area contributed by atoms with E-state index >= 15 is 0 Å². The van der Waals surface area contributed by atoms with Crippen LogP contribution in [0.3, 0.4) is 0 Å². The van der Waals surface area contributed by atoms with Gasteiger partial charge in [0, 0.05) is 24.8 Å². The largest absolute Gasteiger partial charge is 0.309 e. The molecular weight excluding hydrogens is 324 g/mol. The molecule has 2 atom stereocenters. The molecule has 132 valence electrons. The number of piperidine rings is 1. The van der Waals surface area contributed by atoms with Gasteiger partial charge in [0.1, 0.15) is 0 Å². The van der Waals surface area contributed by atoms with Crippen molar-refractivity contribution in [3.8, 4) is 0 Å². The molecule has 6 heteroatoms. The molecular formula is C18H26N2O3S. The minimum absolute atomic E-state index is 0.0730. The summed E-state index contributed by atoms with van der Waals surface area (Å²) in [6.45, 7) is 4.80. The molecule has 0 spiro atoms. The number of rotatable bonds is 4. The van der Waals surface area contributed by atoms with Crippen LogP contribution in [0.25, 0.3) is 0 Å². The summed E-state index contributed by atoms with van der Waals surface area (Å²) in [5, 5.41) is 0. The second-order valence-corrected chi connectivity index (χ2v) is 8.99. The molecule has 5 nitrogen and oxygen atoms in total. The van der Waals surface area contributed by atoms with Crippen molar-refractivity contribution in [3.05, 3.63) is 29.8 Å². The molecule has 1 fully saturated rings. The predicted molar refractivity (Wildman–Crippen MR) is 95.5 cm³/mol. The molecule has 2 aliphatic heterocycles. The van der Waals surface area contributed by atoms with E-state index in [-0.39, 0.29) is 23.6 Å². The molecule has 2 aliphatic rings. The average molecular weight is 350 g/mol. The monoisotopic (exact) mass is 350 g/mol. The third-order valence-electron chi connectivity index (χ3n) is 5.03. The fourth-order valence-electron chi connectivity index (χ4n) is 3.88. The van der Waals surface area contributed by atoms with E-state index < -0.39 is 10.0 Å². The molecule has 1 amide bonds. The summed E-state index contributed by atoms with van der Waals surface area (Å²) in [5.74, 6) is -0.000488. The molecule has 3 rings (SSSR count). The van der Waals surface area contributed by atoms with Crippen LogP contribution in [0.15, 0.2) is 24.3 Å². The lowest BCUT2D eigenvalue weighted by molar-refractivity contribution is -0.123. The summed E-state index contributed by atoms with van der Waals surface area (Å²) in [4.78, 5) is 15.0. The highest BCUT2D eigenvalue weighted by Gasteiger charge is 2.38. The van der Waals surface area contributed by atoms with Crippen LogP contribution in [0, 0.1) is 5.92 Å². The Hall–Kier alpha value is -1.40. The van der Waals surface area contributed by atoms with Crippen LogP contribution in [0.5, 0.6) is 0 Å². The molecule has 0 radical (unpaired) electrons. The first-order chi connectivity index (χ1) is 11.4. The smallest absolute Gasteiger partial charge is 0.231 e. The van der Waals surface area contributed by atoms with Gasteiger partial charge in [-0.25, -0.2) is 12.7 Å². The topological polar surface area (TPSA) is 57.7 Å². The maximum absolute atomic E-state index is 13.1. The van der Waals surface area contributed by atoms with Crippen LogP contribution >= 0.6 is 0 Å². The Bertz CT molecular complexity index is 717. The Morgan fingerprint density at radius 3 is 2.79 bits per heavy atom. The quantitative estimate of drug-likeness (QED) is 0.838. The normalized spacial score (nSPS) is 24.8. The highest BCUT2D eigenvalue weighted by molar-refractivity contribution is 7.89. The summed E-state index contributed by atoms with van der Waals surface area (Å²) in [6, 6.07) is 8.15. The summed E-state index contributed by atoms with van der Waals surface area (Å²) in [6.07, 6.45) is 2.99. The number of carbonyl (C=O) groups is 1. The fraction of sp³-hybridized carbons (Fsp3) is 0.611. The second kappa shape index (κ2) is 6.84. The van der Waals surface area contributed by atoms with E-state index in [1.165, 1.54) is 9.87 Å². The molecule has 0 unspecified atom stereocenters. The number of fused-ring (bicyclic) bond motifs is 1. The van der Waals surface area contributed by atoms with Crippen molar-refractivity contribution in [2.45, 2.75) is 45.6 Å². The lowest BCUT2D eigenvalue weighted by Gasteiger charge is -2.34. The summed E-state index contributed by atoms with van der Waals surface area (Å²) in [7, 11) is -3.23. The van der Waals surface area contributed by atoms with Gasteiger partial charge in [-0.15, -0.1) is 0 Å². The number of anilines is 1.